The van der Waals surface area contributed by atoms with E-state index in [9.17, 15) is 9.59 Å². The van der Waals surface area contributed by atoms with E-state index in [0.29, 0.717) is 12.0 Å². The predicted molar refractivity (Wildman–Crippen MR) is 102 cm³/mol. The van der Waals surface area contributed by atoms with E-state index in [0.717, 1.165) is 39.9 Å². The number of ketones is 1. The monoisotopic (exact) mass is 361 g/mol. The van der Waals surface area contributed by atoms with Crippen LogP contribution in [0.5, 0.6) is 0 Å². The second-order valence-corrected chi connectivity index (χ2v) is 6.67. The largest absolute Gasteiger partial charge is 0.465 e. The van der Waals surface area contributed by atoms with E-state index >= 15 is 0 Å². The van der Waals surface area contributed by atoms with E-state index in [1.165, 1.54) is 6.92 Å². The number of fused-ring (bicyclic) bond motifs is 2. The smallest absolute Gasteiger partial charge is 0.339 e. The van der Waals surface area contributed by atoms with Gasteiger partial charge in [-0.1, -0.05) is 18.2 Å². The zero-order valence-electron chi connectivity index (χ0n) is 15.2. The van der Waals surface area contributed by atoms with Crippen molar-refractivity contribution in [1.29, 1.82) is 0 Å². The van der Waals surface area contributed by atoms with Gasteiger partial charge >= 0.3 is 5.97 Å². The molecule has 0 saturated heterocycles. The summed E-state index contributed by atoms with van der Waals surface area (Å²) in [6, 6.07) is 11.2. The number of para-hydroxylation sites is 1. The molecule has 1 aromatic carbocycles. The van der Waals surface area contributed by atoms with Gasteiger partial charge in [-0.25, -0.2) is 9.78 Å². The van der Waals surface area contributed by atoms with Crippen LogP contribution >= 0.6 is 0 Å². The second-order valence-electron chi connectivity index (χ2n) is 6.67. The lowest BCUT2D eigenvalue weighted by molar-refractivity contribution is -0.124. The van der Waals surface area contributed by atoms with E-state index in [4.69, 9.17) is 14.1 Å². The first-order valence-electron chi connectivity index (χ1n) is 8.92. The van der Waals surface area contributed by atoms with Gasteiger partial charge in [0.05, 0.1) is 23.0 Å². The van der Waals surface area contributed by atoms with E-state index in [1.807, 2.05) is 42.5 Å². The Labute approximate surface area is 156 Å². The number of nitrogens with zero attached hydrogens (tertiary/aromatic N) is 1. The summed E-state index contributed by atoms with van der Waals surface area (Å²) in [4.78, 5) is 29.2. The topological polar surface area (TPSA) is 69.4 Å². The standard InChI is InChI=1S/C22H19NO4/c1-13(24)14(2)27-22(25)20-17-7-3-4-8-19(17)23-21-15(9-10-18(20)21)12-16-6-5-11-26-16/h3-8,11-12,14H,9-10H2,1-2H3/b15-12+. The third kappa shape index (κ3) is 3.16. The molecule has 3 aromatic rings. The average Bonchev–Trinajstić information content (AvgIpc) is 3.30. The molecule has 5 nitrogen and oxygen atoms in total. The first-order chi connectivity index (χ1) is 13.0. The third-order valence-corrected chi connectivity index (χ3v) is 4.86. The molecular weight excluding hydrogens is 342 g/mol. The highest BCUT2D eigenvalue weighted by Crippen LogP contribution is 2.37. The molecule has 1 unspecified atom stereocenters. The first kappa shape index (κ1) is 17.2. The van der Waals surface area contributed by atoms with Crippen molar-refractivity contribution in [3.8, 4) is 0 Å². The van der Waals surface area contributed by atoms with E-state index in [2.05, 4.69) is 0 Å². The van der Waals surface area contributed by atoms with Gasteiger partial charge in [-0.15, -0.1) is 0 Å². The molecule has 0 radical (unpaired) electrons. The Hall–Kier alpha value is -3.21. The van der Waals surface area contributed by atoms with E-state index in [-0.39, 0.29) is 5.78 Å². The lowest BCUT2D eigenvalue weighted by atomic mass is 10.0. The lowest BCUT2D eigenvalue weighted by Gasteiger charge is -2.14. The highest BCUT2D eigenvalue weighted by atomic mass is 16.5. The molecule has 0 aliphatic heterocycles. The summed E-state index contributed by atoms with van der Waals surface area (Å²) >= 11 is 0. The summed E-state index contributed by atoms with van der Waals surface area (Å²) in [7, 11) is 0. The molecule has 2 aromatic heterocycles. The zero-order chi connectivity index (χ0) is 19.0. The summed E-state index contributed by atoms with van der Waals surface area (Å²) in [6.07, 6.45) is 4.27. The molecule has 2 heterocycles. The van der Waals surface area contributed by atoms with Crippen LogP contribution in [0.25, 0.3) is 22.6 Å². The minimum Gasteiger partial charge on any atom is -0.465 e. The molecule has 4 rings (SSSR count). The molecule has 136 valence electrons. The summed E-state index contributed by atoms with van der Waals surface area (Å²) < 4.78 is 10.8. The minimum absolute atomic E-state index is 0.184. The minimum atomic E-state index is -0.778. The number of carbonyl (C=O) groups excluding carboxylic acids is 2. The van der Waals surface area contributed by atoms with Gasteiger partial charge in [-0.05, 0) is 62.1 Å². The molecule has 1 aliphatic carbocycles. The Morgan fingerprint density at radius 3 is 2.74 bits per heavy atom. The van der Waals surface area contributed by atoms with Crippen molar-refractivity contribution in [2.75, 3.05) is 0 Å². The van der Waals surface area contributed by atoms with Gasteiger partial charge in [0.15, 0.2) is 11.9 Å². The van der Waals surface area contributed by atoms with Crippen LogP contribution in [0.1, 0.15) is 47.6 Å². The quantitative estimate of drug-likeness (QED) is 0.642. The van der Waals surface area contributed by atoms with Crippen molar-refractivity contribution in [2.45, 2.75) is 32.8 Å². The van der Waals surface area contributed by atoms with Crippen molar-refractivity contribution in [2.24, 2.45) is 0 Å². The Bertz CT molecular complexity index is 1060. The molecule has 1 atom stereocenters. The number of pyridine rings is 1. The van der Waals surface area contributed by atoms with Gasteiger partial charge in [0.2, 0.25) is 0 Å². The van der Waals surface area contributed by atoms with Gasteiger partial charge < -0.3 is 9.15 Å². The SMILES string of the molecule is CC(=O)C(C)OC(=O)c1c2c(nc3ccccc13)/C(=C/c1ccco1)CC2. The number of rotatable bonds is 4. The summed E-state index contributed by atoms with van der Waals surface area (Å²) in [5.74, 6) is 0.0886. The number of carbonyl (C=O) groups is 2. The third-order valence-electron chi connectivity index (χ3n) is 4.86. The highest BCUT2D eigenvalue weighted by Gasteiger charge is 2.28. The fourth-order valence-corrected chi connectivity index (χ4v) is 3.36. The van der Waals surface area contributed by atoms with Crippen molar-refractivity contribution in [1.82, 2.24) is 4.98 Å². The van der Waals surface area contributed by atoms with Gasteiger partial charge in [-0.3, -0.25) is 4.79 Å². The van der Waals surface area contributed by atoms with Gasteiger partial charge in [0.1, 0.15) is 5.76 Å². The normalized spacial score (nSPS) is 15.7. The van der Waals surface area contributed by atoms with Crippen molar-refractivity contribution >= 4 is 34.3 Å². The predicted octanol–water partition coefficient (Wildman–Crippen LogP) is 4.45. The lowest BCUT2D eigenvalue weighted by Crippen LogP contribution is -2.23. The van der Waals surface area contributed by atoms with Crippen molar-refractivity contribution in [3.63, 3.8) is 0 Å². The Balaban J connectivity index is 1.86. The van der Waals surface area contributed by atoms with Crippen LogP contribution < -0.4 is 0 Å². The van der Waals surface area contributed by atoms with Crippen molar-refractivity contribution < 1.29 is 18.7 Å². The molecule has 27 heavy (non-hydrogen) atoms. The molecule has 0 spiro atoms. The number of ether oxygens (including phenoxy) is 1. The molecule has 1 aliphatic rings. The number of esters is 1. The number of allylic oxidation sites excluding steroid dienone is 1. The first-order valence-corrected chi connectivity index (χ1v) is 8.92. The zero-order valence-corrected chi connectivity index (χ0v) is 15.2. The van der Waals surface area contributed by atoms with Crippen LogP contribution in [0.2, 0.25) is 0 Å². The van der Waals surface area contributed by atoms with Crippen molar-refractivity contribution in [3.05, 3.63) is 65.2 Å². The number of Topliss-reactive ketones (excluding diaryl/α,β-unsaturated/α-hetero) is 1. The Kier molecular flexibility index (Phi) is 4.36. The molecule has 0 amide bonds. The van der Waals surface area contributed by atoms with Gasteiger partial charge in [0.25, 0.3) is 0 Å². The van der Waals surface area contributed by atoms with Crippen LogP contribution in [-0.4, -0.2) is 22.8 Å². The summed E-state index contributed by atoms with van der Waals surface area (Å²) in [5.41, 5.74) is 3.93. The Morgan fingerprint density at radius 1 is 1.19 bits per heavy atom. The van der Waals surface area contributed by atoms with Crippen LogP contribution in [0, 0.1) is 0 Å². The summed E-state index contributed by atoms with van der Waals surface area (Å²) in [5, 5.41) is 0.747. The molecule has 5 heteroatoms. The molecule has 0 saturated carbocycles. The maximum Gasteiger partial charge on any atom is 0.339 e. The van der Waals surface area contributed by atoms with Crippen LogP contribution in [0.3, 0.4) is 0 Å². The van der Waals surface area contributed by atoms with Gasteiger partial charge in [-0.2, -0.15) is 0 Å². The fraction of sp³-hybridized carbons (Fsp3) is 0.227. The van der Waals surface area contributed by atoms with Crippen LogP contribution in [0.4, 0.5) is 0 Å². The molecule has 0 N–H and O–H groups in total. The maximum atomic E-state index is 12.9. The summed E-state index contributed by atoms with van der Waals surface area (Å²) in [6.45, 7) is 3.00. The molecule has 0 fully saturated rings. The highest BCUT2D eigenvalue weighted by molar-refractivity contribution is 6.07. The van der Waals surface area contributed by atoms with Crippen LogP contribution in [-0.2, 0) is 16.0 Å². The Morgan fingerprint density at radius 2 is 2.00 bits per heavy atom. The molecular formula is C22H19NO4. The van der Waals surface area contributed by atoms with Gasteiger partial charge in [0, 0.05) is 5.39 Å². The number of furan rings is 1. The number of benzene rings is 1. The average molecular weight is 361 g/mol. The van der Waals surface area contributed by atoms with E-state index < -0.39 is 12.1 Å². The number of hydrogen-bond acceptors (Lipinski definition) is 5. The number of aromatic nitrogens is 1. The fourth-order valence-electron chi connectivity index (χ4n) is 3.36. The second kappa shape index (κ2) is 6.83. The number of hydrogen-bond donors (Lipinski definition) is 0. The van der Waals surface area contributed by atoms with E-state index in [1.54, 1.807) is 13.2 Å². The van der Waals surface area contributed by atoms with Crippen LogP contribution in [0.15, 0.2) is 47.1 Å². The maximum absolute atomic E-state index is 12.9. The molecule has 0 bridgehead atoms.